The number of benzene rings is 1. The number of carbonyl (C=O) groups excluding carboxylic acids is 1. The van der Waals surface area contributed by atoms with Gasteiger partial charge in [0.1, 0.15) is 0 Å². The molecule has 1 saturated heterocycles. The number of ether oxygens (including phenoxy) is 2. The van der Waals surface area contributed by atoms with Gasteiger partial charge < -0.3 is 14.4 Å². The fourth-order valence-electron chi connectivity index (χ4n) is 2.23. The first-order valence-corrected chi connectivity index (χ1v) is 6.68. The Balaban J connectivity index is 1.85. The number of nitriles is 1. The van der Waals surface area contributed by atoms with Gasteiger partial charge in [-0.25, -0.2) is 0 Å². The fourth-order valence-corrected chi connectivity index (χ4v) is 2.23. The molecule has 1 aromatic rings. The van der Waals surface area contributed by atoms with Crippen LogP contribution in [0, 0.1) is 17.2 Å². The number of likely N-dealkylation sites (tertiary alicyclic amines) is 1. The molecular formula is C15H18N2O3. The first-order valence-electron chi connectivity index (χ1n) is 6.68. The van der Waals surface area contributed by atoms with Crippen molar-refractivity contribution in [3.8, 4) is 17.6 Å². The summed E-state index contributed by atoms with van der Waals surface area (Å²) in [7, 11) is 1.57. The summed E-state index contributed by atoms with van der Waals surface area (Å²) in [6, 6.07) is 9.49. The Kier molecular flexibility index (Phi) is 4.83. The van der Waals surface area contributed by atoms with Crippen molar-refractivity contribution in [2.24, 2.45) is 5.92 Å². The van der Waals surface area contributed by atoms with Crippen molar-refractivity contribution in [3.63, 3.8) is 0 Å². The SMILES string of the molecule is COc1ccccc1OCC(=O)N1CCC(C#N)CC1. The molecule has 1 aromatic carbocycles. The van der Waals surface area contributed by atoms with Crippen LogP contribution in [0.5, 0.6) is 11.5 Å². The molecule has 0 N–H and O–H groups in total. The molecule has 0 spiro atoms. The Bertz CT molecular complexity index is 502. The van der Waals surface area contributed by atoms with E-state index in [1.54, 1.807) is 24.1 Å². The van der Waals surface area contributed by atoms with Gasteiger partial charge in [-0.15, -0.1) is 0 Å². The second-order valence-electron chi connectivity index (χ2n) is 4.72. The number of para-hydroxylation sites is 2. The van der Waals surface area contributed by atoms with Gasteiger partial charge in [0.2, 0.25) is 0 Å². The van der Waals surface area contributed by atoms with Crippen LogP contribution in [-0.4, -0.2) is 37.6 Å². The molecule has 0 aliphatic carbocycles. The molecule has 0 unspecified atom stereocenters. The van der Waals surface area contributed by atoms with Crippen molar-refractivity contribution >= 4 is 5.91 Å². The summed E-state index contributed by atoms with van der Waals surface area (Å²) in [6.45, 7) is 1.26. The lowest BCUT2D eigenvalue weighted by molar-refractivity contribution is -0.134. The van der Waals surface area contributed by atoms with Crippen LogP contribution in [0.15, 0.2) is 24.3 Å². The Morgan fingerprint density at radius 1 is 1.35 bits per heavy atom. The van der Waals surface area contributed by atoms with E-state index in [-0.39, 0.29) is 18.4 Å². The van der Waals surface area contributed by atoms with E-state index in [0.717, 1.165) is 12.8 Å². The summed E-state index contributed by atoms with van der Waals surface area (Å²) in [5.74, 6) is 1.21. The third kappa shape index (κ3) is 3.41. The standard InChI is InChI=1S/C15H18N2O3/c1-19-13-4-2-3-5-14(13)20-11-15(18)17-8-6-12(10-16)7-9-17/h2-5,12H,6-9,11H2,1H3. The maximum absolute atomic E-state index is 12.0. The van der Waals surface area contributed by atoms with Gasteiger partial charge in [0.15, 0.2) is 18.1 Å². The third-order valence-corrected chi connectivity index (χ3v) is 3.45. The van der Waals surface area contributed by atoms with Gasteiger partial charge in [-0.2, -0.15) is 5.26 Å². The molecule has 1 amide bonds. The number of nitrogens with zero attached hydrogens (tertiary/aromatic N) is 2. The van der Waals surface area contributed by atoms with Crippen LogP contribution < -0.4 is 9.47 Å². The van der Waals surface area contributed by atoms with Crippen LogP contribution in [0.3, 0.4) is 0 Å². The van der Waals surface area contributed by atoms with E-state index in [1.807, 2.05) is 12.1 Å². The van der Waals surface area contributed by atoms with Crippen molar-refractivity contribution in [1.29, 1.82) is 5.26 Å². The summed E-state index contributed by atoms with van der Waals surface area (Å²) < 4.78 is 10.7. The van der Waals surface area contributed by atoms with Gasteiger partial charge in [-0.05, 0) is 25.0 Å². The molecule has 5 heteroatoms. The lowest BCUT2D eigenvalue weighted by Crippen LogP contribution is -2.40. The van der Waals surface area contributed by atoms with Gasteiger partial charge in [-0.3, -0.25) is 4.79 Å². The molecule has 1 heterocycles. The average Bonchev–Trinajstić information content (AvgIpc) is 2.53. The lowest BCUT2D eigenvalue weighted by Gasteiger charge is -2.29. The predicted molar refractivity (Wildman–Crippen MR) is 73.4 cm³/mol. The highest BCUT2D eigenvalue weighted by atomic mass is 16.5. The van der Waals surface area contributed by atoms with Crippen molar-refractivity contribution in [3.05, 3.63) is 24.3 Å². The summed E-state index contributed by atoms with van der Waals surface area (Å²) in [5, 5.41) is 8.83. The molecule has 106 valence electrons. The molecule has 1 aliphatic heterocycles. The minimum Gasteiger partial charge on any atom is -0.493 e. The van der Waals surface area contributed by atoms with E-state index < -0.39 is 0 Å². The highest BCUT2D eigenvalue weighted by Crippen LogP contribution is 2.25. The Hall–Kier alpha value is -2.22. The molecule has 0 saturated carbocycles. The molecule has 1 aliphatic rings. The molecule has 0 bridgehead atoms. The Morgan fingerprint density at radius 2 is 2.00 bits per heavy atom. The number of methoxy groups -OCH3 is 1. The maximum Gasteiger partial charge on any atom is 0.260 e. The van der Waals surface area contributed by atoms with Crippen LogP contribution in [0.4, 0.5) is 0 Å². The highest BCUT2D eigenvalue weighted by Gasteiger charge is 2.22. The van der Waals surface area contributed by atoms with Crippen LogP contribution >= 0.6 is 0 Å². The average molecular weight is 274 g/mol. The van der Waals surface area contributed by atoms with Gasteiger partial charge in [-0.1, -0.05) is 12.1 Å². The molecule has 5 nitrogen and oxygen atoms in total. The van der Waals surface area contributed by atoms with Crippen LogP contribution in [0.1, 0.15) is 12.8 Å². The molecule has 20 heavy (non-hydrogen) atoms. The number of rotatable bonds is 4. The van der Waals surface area contributed by atoms with Crippen molar-refractivity contribution in [1.82, 2.24) is 4.90 Å². The summed E-state index contributed by atoms with van der Waals surface area (Å²) in [4.78, 5) is 13.8. The number of hydrogen-bond acceptors (Lipinski definition) is 4. The number of hydrogen-bond donors (Lipinski definition) is 0. The van der Waals surface area contributed by atoms with Gasteiger partial charge in [0.05, 0.1) is 13.2 Å². The van der Waals surface area contributed by atoms with E-state index in [2.05, 4.69) is 6.07 Å². The Morgan fingerprint density at radius 3 is 2.60 bits per heavy atom. The molecule has 1 fully saturated rings. The first kappa shape index (κ1) is 14.2. The zero-order valence-corrected chi connectivity index (χ0v) is 11.5. The van der Waals surface area contributed by atoms with Crippen molar-refractivity contribution in [2.75, 3.05) is 26.8 Å². The fraction of sp³-hybridized carbons (Fsp3) is 0.467. The van der Waals surface area contributed by atoms with Gasteiger partial charge in [0, 0.05) is 19.0 Å². The second-order valence-corrected chi connectivity index (χ2v) is 4.72. The topological polar surface area (TPSA) is 62.6 Å². The smallest absolute Gasteiger partial charge is 0.260 e. The van der Waals surface area contributed by atoms with E-state index >= 15 is 0 Å². The largest absolute Gasteiger partial charge is 0.493 e. The number of amides is 1. The zero-order valence-electron chi connectivity index (χ0n) is 11.5. The van der Waals surface area contributed by atoms with E-state index in [1.165, 1.54) is 0 Å². The van der Waals surface area contributed by atoms with Crippen molar-refractivity contribution in [2.45, 2.75) is 12.8 Å². The lowest BCUT2D eigenvalue weighted by atomic mass is 9.99. The van der Waals surface area contributed by atoms with E-state index in [0.29, 0.717) is 24.6 Å². The minimum absolute atomic E-state index is 0.00239. The minimum atomic E-state index is -0.0488. The summed E-state index contributed by atoms with van der Waals surface area (Å²) in [6.07, 6.45) is 1.49. The van der Waals surface area contributed by atoms with Gasteiger partial charge >= 0.3 is 0 Å². The quantitative estimate of drug-likeness (QED) is 0.840. The zero-order chi connectivity index (χ0) is 14.4. The molecular weight excluding hydrogens is 256 g/mol. The molecule has 0 atom stereocenters. The molecule has 0 radical (unpaired) electrons. The van der Waals surface area contributed by atoms with Crippen LogP contribution in [0.25, 0.3) is 0 Å². The second kappa shape index (κ2) is 6.80. The van der Waals surface area contributed by atoms with E-state index in [9.17, 15) is 4.79 Å². The molecule has 0 aromatic heterocycles. The predicted octanol–water partition coefficient (Wildman–Crippen LogP) is 1.84. The van der Waals surface area contributed by atoms with Crippen LogP contribution in [-0.2, 0) is 4.79 Å². The maximum atomic E-state index is 12.0. The summed E-state index contributed by atoms with van der Waals surface area (Å²) >= 11 is 0. The number of carbonyl (C=O) groups is 1. The number of piperidine rings is 1. The summed E-state index contributed by atoms with van der Waals surface area (Å²) in [5.41, 5.74) is 0. The van der Waals surface area contributed by atoms with Crippen LogP contribution in [0.2, 0.25) is 0 Å². The van der Waals surface area contributed by atoms with E-state index in [4.69, 9.17) is 14.7 Å². The monoisotopic (exact) mass is 274 g/mol. The van der Waals surface area contributed by atoms with Crippen molar-refractivity contribution < 1.29 is 14.3 Å². The molecule has 2 rings (SSSR count). The van der Waals surface area contributed by atoms with Gasteiger partial charge in [0.25, 0.3) is 5.91 Å². The first-order chi connectivity index (χ1) is 9.74. The Labute approximate surface area is 118 Å². The third-order valence-electron chi connectivity index (χ3n) is 3.45. The highest BCUT2D eigenvalue weighted by molar-refractivity contribution is 5.78. The normalized spacial score (nSPS) is 15.5.